The van der Waals surface area contributed by atoms with Crippen LogP contribution in [0.5, 0.6) is 0 Å². The summed E-state index contributed by atoms with van der Waals surface area (Å²) in [5.74, 6) is 1.55. The van der Waals surface area contributed by atoms with E-state index >= 15 is 0 Å². The minimum atomic E-state index is -0.0298. The van der Waals surface area contributed by atoms with Crippen molar-refractivity contribution in [1.29, 1.82) is 0 Å². The number of carbonyl (C=O) groups excluding carboxylic acids is 1. The molecule has 1 heteroatoms. The zero-order valence-corrected chi connectivity index (χ0v) is 17.9. The van der Waals surface area contributed by atoms with E-state index in [0.29, 0.717) is 17.6 Å². The maximum atomic E-state index is 13.5. The predicted octanol–water partition coefficient (Wildman–Crippen LogP) is 6.83. The van der Waals surface area contributed by atoms with Gasteiger partial charge in [-0.3, -0.25) is 4.79 Å². The van der Waals surface area contributed by atoms with Gasteiger partial charge in [0.15, 0.2) is 0 Å². The average Bonchev–Trinajstić information content (AvgIpc) is 2.99. The third-order valence-electron chi connectivity index (χ3n) is 7.91. The minimum Gasteiger partial charge on any atom is -0.299 e. The van der Waals surface area contributed by atoms with Gasteiger partial charge in [-0.25, -0.2) is 0 Å². The molecule has 1 nitrogen and oxygen atoms in total. The molecule has 29 heavy (non-hydrogen) atoms. The van der Waals surface area contributed by atoms with Crippen LogP contribution in [0.4, 0.5) is 0 Å². The van der Waals surface area contributed by atoms with Crippen LogP contribution in [0.15, 0.2) is 60.2 Å². The molecule has 0 radical (unpaired) electrons. The lowest BCUT2D eigenvalue weighted by Gasteiger charge is -2.52. The van der Waals surface area contributed by atoms with Crippen molar-refractivity contribution in [3.63, 3.8) is 0 Å². The second-order valence-electron chi connectivity index (χ2n) is 10.6. The van der Waals surface area contributed by atoms with Crippen LogP contribution in [0.25, 0.3) is 6.08 Å². The van der Waals surface area contributed by atoms with E-state index in [1.165, 1.54) is 41.5 Å². The van der Waals surface area contributed by atoms with Crippen molar-refractivity contribution >= 4 is 11.9 Å². The summed E-state index contributed by atoms with van der Waals surface area (Å²) in [5.41, 5.74) is 5.69. The predicted molar refractivity (Wildman–Crippen MR) is 120 cm³/mol. The number of Topliss-reactive ketones (excluding diaryl/α,β-unsaturated/α-hetero) is 1. The quantitative estimate of drug-likeness (QED) is 0.554. The van der Waals surface area contributed by atoms with Gasteiger partial charge >= 0.3 is 0 Å². The summed E-state index contributed by atoms with van der Waals surface area (Å²) in [4.78, 5) is 13.5. The molecule has 2 fully saturated rings. The van der Waals surface area contributed by atoms with Gasteiger partial charge in [0.2, 0.25) is 0 Å². The smallest absolute Gasteiger partial charge is 0.141 e. The Morgan fingerprint density at radius 1 is 0.966 bits per heavy atom. The van der Waals surface area contributed by atoms with Crippen LogP contribution < -0.4 is 0 Å². The molecule has 4 atom stereocenters. The highest BCUT2D eigenvalue weighted by atomic mass is 16.1. The zero-order chi connectivity index (χ0) is 20.2. The SMILES string of the molecule is CC(C)(C)C1C(=O)CC23C1=Cc1ccccc1C2CCCC3Cc1ccccc1. The summed E-state index contributed by atoms with van der Waals surface area (Å²) < 4.78 is 0. The van der Waals surface area contributed by atoms with E-state index in [4.69, 9.17) is 0 Å². The molecule has 4 unspecified atom stereocenters. The molecule has 0 bridgehead atoms. The molecule has 2 saturated carbocycles. The van der Waals surface area contributed by atoms with Crippen molar-refractivity contribution in [3.8, 4) is 0 Å². The summed E-state index contributed by atoms with van der Waals surface area (Å²) in [6, 6.07) is 19.8. The minimum absolute atomic E-state index is 0.0114. The number of hydrogen-bond acceptors (Lipinski definition) is 1. The van der Waals surface area contributed by atoms with Crippen LogP contribution in [0.2, 0.25) is 0 Å². The van der Waals surface area contributed by atoms with E-state index in [9.17, 15) is 4.79 Å². The van der Waals surface area contributed by atoms with Gasteiger partial charge in [-0.1, -0.05) is 93.4 Å². The highest BCUT2D eigenvalue weighted by molar-refractivity contribution is 5.93. The molecule has 0 heterocycles. The highest BCUT2D eigenvalue weighted by Crippen LogP contribution is 2.67. The fraction of sp³-hybridized carbons (Fsp3) is 0.464. The van der Waals surface area contributed by atoms with Crippen LogP contribution in [-0.2, 0) is 11.2 Å². The first-order valence-electron chi connectivity index (χ1n) is 11.3. The second kappa shape index (κ2) is 6.69. The van der Waals surface area contributed by atoms with Crippen molar-refractivity contribution in [3.05, 3.63) is 76.9 Å². The standard InChI is InChI=1S/C28H32O/c1-27(2,3)26-24-17-20-12-7-8-14-22(20)23-15-9-13-21(28(23,24)18-25(26)29)16-19-10-5-4-6-11-19/h4-8,10-12,14,17,21,23,26H,9,13,15-16,18H2,1-3H3. The Bertz CT molecular complexity index is 961. The number of benzene rings is 2. The third kappa shape index (κ3) is 2.85. The lowest BCUT2D eigenvalue weighted by molar-refractivity contribution is -0.123. The molecule has 0 aliphatic heterocycles. The maximum Gasteiger partial charge on any atom is 0.141 e. The first kappa shape index (κ1) is 18.9. The van der Waals surface area contributed by atoms with E-state index in [1.54, 1.807) is 0 Å². The molecule has 2 aromatic rings. The summed E-state index contributed by atoms with van der Waals surface area (Å²) in [5, 5.41) is 0. The van der Waals surface area contributed by atoms with Gasteiger partial charge < -0.3 is 0 Å². The average molecular weight is 385 g/mol. The molecule has 3 aliphatic rings. The Kier molecular flexibility index (Phi) is 4.35. The summed E-state index contributed by atoms with van der Waals surface area (Å²) in [7, 11) is 0. The molecule has 0 saturated heterocycles. The molecule has 150 valence electrons. The zero-order valence-electron chi connectivity index (χ0n) is 17.9. The van der Waals surface area contributed by atoms with Crippen molar-refractivity contribution < 1.29 is 4.79 Å². The van der Waals surface area contributed by atoms with E-state index in [1.807, 2.05) is 0 Å². The number of hydrogen-bond donors (Lipinski definition) is 0. The largest absolute Gasteiger partial charge is 0.299 e. The topological polar surface area (TPSA) is 17.1 Å². The van der Waals surface area contributed by atoms with E-state index in [-0.39, 0.29) is 16.7 Å². The van der Waals surface area contributed by atoms with Gasteiger partial charge in [-0.05, 0) is 53.2 Å². The number of fused-ring (bicyclic) bond motifs is 2. The molecule has 1 spiro atoms. The van der Waals surface area contributed by atoms with Crippen molar-refractivity contribution in [2.45, 2.75) is 58.8 Å². The lowest BCUT2D eigenvalue weighted by Crippen LogP contribution is -2.43. The van der Waals surface area contributed by atoms with Crippen molar-refractivity contribution in [2.75, 3.05) is 0 Å². The van der Waals surface area contributed by atoms with Gasteiger partial charge in [-0.15, -0.1) is 0 Å². The number of allylic oxidation sites excluding steroid dienone is 1. The fourth-order valence-corrected chi connectivity index (χ4v) is 6.92. The van der Waals surface area contributed by atoms with Crippen molar-refractivity contribution in [2.24, 2.45) is 22.7 Å². The number of carbonyl (C=O) groups is 1. The van der Waals surface area contributed by atoms with Gasteiger partial charge in [0.1, 0.15) is 5.78 Å². The van der Waals surface area contributed by atoms with E-state index < -0.39 is 0 Å². The Morgan fingerprint density at radius 3 is 2.45 bits per heavy atom. The molecule has 5 rings (SSSR count). The third-order valence-corrected chi connectivity index (χ3v) is 7.91. The second-order valence-corrected chi connectivity index (χ2v) is 10.6. The van der Waals surface area contributed by atoms with Crippen LogP contribution >= 0.6 is 0 Å². The first-order chi connectivity index (χ1) is 13.9. The summed E-state index contributed by atoms with van der Waals surface area (Å²) in [6.07, 6.45) is 7.95. The Hall–Kier alpha value is -2.15. The van der Waals surface area contributed by atoms with Gasteiger partial charge in [0.25, 0.3) is 0 Å². The Labute approximate surface area is 175 Å². The number of rotatable bonds is 2. The van der Waals surface area contributed by atoms with Crippen LogP contribution in [0, 0.1) is 22.7 Å². The van der Waals surface area contributed by atoms with Gasteiger partial charge in [-0.2, -0.15) is 0 Å². The molecule has 2 aromatic carbocycles. The van der Waals surface area contributed by atoms with E-state index in [0.717, 1.165) is 12.8 Å². The molecule has 0 amide bonds. The normalized spacial score (nSPS) is 30.9. The van der Waals surface area contributed by atoms with Crippen molar-refractivity contribution in [1.82, 2.24) is 0 Å². The Balaban J connectivity index is 1.69. The van der Waals surface area contributed by atoms with E-state index in [2.05, 4.69) is 81.4 Å². The molecule has 0 N–H and O–H groups in total. The number of ketones is 1. The summed E-state index contributed by atoms with van der Waals surface area (Å²) >= 11 is 0. The Morgan fingerprint density at radius 2 is 1.69 bits per heavy atom. The molecular formula is C28H32O. The van der Waals surface area contributed by atoms with Gasteiger partial charge in [0.05, 0.1) is 0 Å². The highest BCUT2D eigenvalue weighted by Gasteiger charge is 2.61. The molecular weight excluding hydrogens is 352 g/mol. The van der Waals surface area contributed by atoms with Crippen LogP contribution in [-0.4, -0.2) is 5.78 Å². The van der Waals surface area contributed by atoms with Crippen LogP contribution in [0.3, 0.4) is 0 Å². The monoisotopic (exact) mass is 384 g/mol. The molecule has 3 aliphatic carbocycles. The van der Waals surface area contributed by atoms with Crippen LogP contribution in [0.1, 0.15) is 69.1 Å². The van der Waals surface area contributed by atoms with Gasteiger partial charge in [0, 0.05) is 17.8 Å². The first-order valence-corrected chi connectivity index (χ1v) is 11.3. The maximum absolute atomic E-state index is 13.5. The lowest BCUT2D eigenvalue weighted by atomic mass is 9.51. The fourth-order valence-electron chi connectivity index (χ4n) is 6.92. The summed E-state index contributed by atoms with van der Waals surface area (Å²) in [6.45, 7) is 6.75. The molecule has 0 aromatic heterocycles.